The maximum Gasteiger partial charge on any atom is 0.260 e. The van der Waals surface area contributed by atoms with Crippen LogP contribution in [0.2, 0.25) is 0 Å². The SMILES string of the molecule is CC1(C)Cc2cccc(OCC(=O)N3CCCSCC3CN3CCCCC3)c2O1. The van der Waals surface area contributed by atoms with Gasteiger partial charge in [0.1, 0.15) is 5.60 Å². The van der Waals surface area contributed by atoms with Gasteiger partial charge >= 0.3 is 0 Å². The van der Waals surface area contributed by atoms with Crippen LogP contribution >= 0.6 is 11.8 Å². The van der Waals surface area contributed by atoms with Crippen molar-refractivity contribution in [2.24, 2.45) is 0 Å². The number of amides is 1. The fourth-order valence-electron chi connectivity index (χ4n) is 4.67. The van der Waals surface area contributed by atoms with Crippen molar-refractivity contribution in [2.45, 2.75) is 57.6 Å². The van der Waals surface area contributed by atoms with Gasteiger partial charge in [0.15, 0.2) is 18.1 Å². The minimum absolute atomic E-state index is 0.0847. The number of carbonyl (C=O) groups excluding carboxylic acids is 1. The molecule has 6 heteroatoms. The number of thioether (sulfide) groups is 1. The number of carbonyl (C=O) groups is 1. The first kappa shape index (κ1) is 20.9. The second-order valence-corrected chi connectivity index (χ2v) is 10.3. The average molecular weight is 419 g/mol. The first-order valence-corrected chi connectivity index (χ1v) is 12.2. The van der Waals surface area contributed by atoms with Crippen molar-refractivity contribution < 1.29 is 14.3 Å². The molecule has 4 rings (SSSR count). The van der Waals surface area contributed by atoms with Gasteiger partial charge in [-0.05, 0) is 58.0 Å². The van der Waals surface area contributed by atoms with Gasteiger partial charge in [0.05, 0.1) is 6.04 Å². The van der Waals surface area contributed by atoms with Crippen LogP contribution in [-0.2, 0) is 11.2 Å². The highest BCUT2D eigenvalue weighted by Crippen LogP contribution is 2.41. The van der Waals surface area contributed by atoms with Crippen molar-refractivity contribution in [3.8, 4) is 11.5 Å². The molecule has 0 radical (unpaired) electrons. The molecule has 1 aromatic carbocycles. The van der Waals surface area contributed by atoms with Crippen LogP contribution in [0.5, 0.6) is 11.5 Å². The number of rotatable bonds is 5. The lowest BCUT2D eigenvalue weighted by Crippen LogP contribution is -2.50. The van der Waals surface area contributed by atoms with Crippen LogP contribution in [0.4, 0.5) is 0 Å². The van der Waals surface area contributed by atoms with Crippen LogP contribution in [0, 0.1) is 0 Å². The number of hydrogen-bond acceptors (Lipinski definition) is 5. The Morgan fingerprint density at radius 3 is 2.86 bits per heavy atom. The van der Waals surface area contributed by atoms with Crippen LogP contribution in [0.1, 0.15) is 45.1 Å². The first-order chi connectivity index (χ1) is 14.0. The minimum atomic E-state index is -0.215. The van der Waals surface area contributed by atoms with E-state index in [1.165, 1.54) is 32.4 Å². The first-order valence-electron chi connectivity index (χ1n) is 11.1. The van der Waals surface area contributed by atoms with E-state index in [9.17, 15) is 4.79 Å². The highest BCUT2D eigenvalue weighted by atomic mass is 32.2. The summed E-state index contributed by atoms with van der Waals surface area (Å²) < 4.78 is 12.1. The van der Waals surface area contributed by atoms with Crippen LogP contribution in [-0.4, -0.2) is 71.6 Å². The van der Waals surface area contributed by atoms with Crippen molar-refractivity contribution >= 4 is 17.7 Å². The normalized spacial score (nSPS) is 24.5. The molecule has 0 saturated carbocycles. The second kappa shape index (κ2) is 9.17. The number of hydrogen-bond donors (Lipinski definition) is 0. The highest BCUT2D eigenvalue weighted by molar-refractivity contribution is 7.99. The molecule has 3 aliphatic heterocycles. The molecule has 0 N–H and O–H groups in total. The Bertz CT molecular complexity index is 718. The van der Waals surface area contributed by atoms with E-state index in [0.29, 0.717) is 5.75 Å². The van der Waals surface area contributed by atoms with Gasteiger partial charge in [0.25, 0.3) is 5.91 Å². The lowest BCUT2D eigenvalue weighted by Gasteiger charge is -2.35. The van der Waals surface area contributed by atoms with Crippen molar-refractivity contribution in [1.29, 1.82) is 0 Å². The molecule has 0 aliphatic carbocycles. The van der Waals surface area contributed by atoms with E-state index in [1.54, 1.807) is 0 Å². The van der Waals surface area contributed by atoms with Crippen molar-refractivity contribution in [2.75, 3.05) is 44.3 Å². The average Bonchev–Trinajstić information content (AvgIpc) is 2.86. The molecular weight excluding hydrogens is 384 g/mol. The molecule has 3 heterocycles. The summed E-state index contributed by atoms with van der Waals surface area (Å²) in [5, 5.41) is 0. The topological polar surface area (TPSA) is 42.0 Å². The van der Waals surface area contributed by atoms with E-state index < -0.39 is 0 Å². The van der Waals surface area contributed by atoms with Gasteiger partial charge in [-0.15, -0.1) is 0 Å². The minimum Gasteiger partial charge on any atom is -0.483 e. The predicted molar refractivity (Wildman–Crippen MR) is 118 cm³/mol. The molecule has 1 atom stereocenters. The summed E-state index contributed by atoms with van der Waals surface area (Å²) in [5.74, 6) is 3.76. The van der Waals surface area contributed by atoms with Gasteiger partial charge < -0.3 is 19.3 Å². The van der Waals surface area contributed by atoms with Gasteiger partial charge in [0.2, 0.25) is 0 Å². The van der Waals surface area contributed by atoms with E-state index in [4.69, 9.17) is 9.47 Å². The molecule has 1 unspecified atom stereocenters. The molecule has 29 heavy (non-hydrogen) atoms. The van der Waals surface area contributed by atoms with E-state index in [0.717, 1.165) is 48.7 Å². The Morgan fingerprint density at radius 2 is 2.03 bits per heavy atom. The summed E-state index contributed by atoms with van der Waals surface area (Å²) in [7, 11) is 0. The Hall–Kier alpha value is -1.40. The quantitative estimate of drug-likeness (QED) is 0.731. The van der Waals surface area contributed by atoms with E-state index >= 15 is 0 Å². The number of piperidine rings is 1. The number of likely N-dealkylation sites (tertiary alicyclic amines) is 1. The Balaban J connectivity index is 1.39. The van der Waals surface area contributed by atoms with Gasteiger partial charge in [-0.25, -0.2) is 0 Å². The largest absolute Gasteiger partial charge is 0.483 e. The third-order valence-corrected chi connectivity index (χ3v) is 7.28. The molecule has 1 aromatic rings. The summed E-state index contributed by atoms with van der Waals surface area (Å²) in [4.78, 5) is 17.8. The van der Waals surface area contributed by atoms with Crippen LogP contribution < -0.4 is 9.47 Å². The summed E-state index contributed by atoms with van der Waals surface area (Å²) in [5.41, 5.74) is 0.946. The fourth-order valence-corrected chi connectivity index (χ4v) is 5.73. The van der Waals surface area contributed by atoms with Crippen LogP contribution in [0.3, 0.4) is 0 Å². The molecule has 3 aliphatic rings. The third kappa shape index (κ3) is 5.21. The smallest absolute Gasteiger partial charge is 0.260 e. The Labute approximate surface area is 179 Å². The molecular formula is C23H34N2O3S. The van der Waals surface area contributed by atoms with Gasteiger partial charge in [-0.3, -0.25) is 4.79 Å². The maximum absolute atomic E-state index is 13.1. The monoisotopic (exact) mass is 418 g/mol. The highest BCUT2D eigenvalue weighted by Gasteiger charge is 2.33. The Morgan fingerprint density at radius 1 is 1.21 bits per heavy atom. The molecule has 2 fully saturated rings. The fraction of sp³-hybridized carbons (Fsp3) is 0.696. The predicted octanol–water partition coefficient (Wildman–Crippen LogP) is 3.60. The van der Waals surface area contributed by atoms with Crippen molar-refractivity contribution in [3.63, 3.8) is 0 Å². The van der Waals surface area contributed by atoms with Gasteiger partial charge in [-0.2, -0.15) is 11.8 Å². The van der Waals surface area contributed by atoms with E-state index in [-0.39, 0.29) is 24.2 Å². The number of fused-ring (bicyclic) bond motifs is 1. The summed E-state index contributed by atoms with van der Waals surface area (Å²) in [6.07, 6.45) is 5.84. The molecule has 0 spiro atoms. The number of nitrogens with zero attached hydrogens (tertiary/aromatic N) is 2. The number of para-hydroxylation sites is 1. The zero-order valence-corrected chi connectivity index (χ0v) is 18.6. The number of benzene rings is 1. The molecule has 1 amide bonds. The second-order valence-electron chi connectivity index (χ2n) is 9.10. The zero-order chi connectivity index (χ0) is 20.3. The lowest BCUT2D eigenvalue weighted by molar-refractivity contribution is -0.135. The lowest BCUT2D eigenvalue weighted by atomic mass is 10.0. The molecule has 2 saturated heterocycles. The maximum atomic E-state index is 13.1. The standard InChI is InChI=1S/C23H34N2O3S/c1-23(2)14-18-8-6-9-20(22(18)28-23)27-16-21(26)25-12-7-13-29-17-19(25)15-24-10-4-3-5-11-24/h6,8-9,19H,3-5,7,10-17H2,1-2H3. The molecule has 5 nitrogen and oxygen atoms in total. The third-order valence-electron chi connectivity index (χ3n) is 6.08. The summed E-state index contributed by atoms with van der Waals surface area (Å²) in [6.45, 7) is 8.43. The van der Waals surface area contributed by atoms with Gasteiger partial charge in [-0.1, -0.05) is 18.6 Å². The zero-order valence-electron chi connectivity index (χ0n) is 17.8. The van der Waals surface area contributed by atoms with Crippen LogP contribution in [0.15, 0.2) is 18.2 Å². The summed E-state index contributed by atoms with van der Waals surface area (Å²) >= 11 is 1.98. The van der Waals surface area contributed by atoms with Crippen molar-refractivity contribution in [1.82, 2.24) is 9.80 Å². The Kier molecular flexibility index (Phi) is 6.60. The van der Waals surface area contributed by atoms with Gasteiger partial charge in [0, 0.05) is 30.8 Å². The number of ether oxygens (including phenoxy) is 2. The molecule has 0 aromatic heterocycles. The molecule has 0 bridgehead atoms. The van der Waals surface area contributed by atoms with E-state index in [1.807, 2.05) is 23.9 Å². The van der Waals surface area contributed by atoms with E-state index in [2.05, 4.69) is 29.7 Å². The van der Waals surface area contributed by atoms with Crippen molar-refractivity contribution in [3.05, 3.63) is 23.8 Å². The molecule has 160 valence electrons. The van der Waals surface area contributed by atoms with Crippen LogP contribution in [0.25, 0.3) is 0 Å². The summed E-state index contributed by atoms with van der Waals surface area (Å²) in [6, 6.07) is 6.27.